The zero-order valence-corrected chi connectivity index (χ0v) is 23.6. The zero-order valence-electron chi connectivity index (χ0n) is 22.9. The fourth-order valence-electron chi connectivity index (χ4n) is 5.70. The summed E-state index contributed by atoms with van der Waals surface area (Å²) in [6.45, 7) is 2.13. The lowest BCUT2D eigenvalue weighted by Gasteiger charge is -2.33. The summed E-state index contributed by atoms with van der Waals surface area (Å²) in [5, 5.41) is 8.10. The van der Waals surface area contributed by atoms with Crippen LogP contribution >= 0.6 is 11.6 Å². The van der Waals surface area contributed by atoms with E-state index in [9.17, 15) is 18.0 Å². The zero-order chi connectivity index (χ0) is 29.6. The van der Waals surface area contributed by atoms with Crippen LogP contribution in [0.1, 0.15) is 53.1 Å². The third kappa shape index (κ3) is 5.02. The molecule has 2 aliphatic rings. The summed E-state index contributed by atoms with van der Waals surface area (Å²) in [5.74, 6) is 1.04. The number of methoxy groups -OCH3 is 1. The molecule has 1 N–H and O–H groups in total. The van der Waals surface area contributed by atoms with Crippen molar-refractivity contribution in [3.63, 3.8) is 0 Å². The van der Waals surface area contributed by atoms with E-state index >= 15 is 0 Å². The van der Waals surface area contributed by atoms with Gasteiger partial charge in [0.1, 0.15) is 12.4 Å². The van der Waals surface area contributed by atoms with Gasteiger partial charge in [-0.15, -0.1) is 0 Å². The van der Waals surface area contributed by atoms with Crippen molar-refractivity contribution in [2.45, 2.75) is 44.9 Å². The van der Waals surface area contributed by atoms with Gasteiger partial charge in [0.05, 0.1) is 29.1 Å². The lowest BCUT2D eigenvalue weighted by molar-refractivity contribution is -0.137. The van der Waals surface area contributed by atoms with Crippen LogP contribution in [0.5, 0.6) is 11.5 Å². The topological polar surface area (TPSA) is 65.4 Å². The van der Waals surface area contributed by atoms with Crippen LogP contribution in [0.15, 0.2) is 78.0 Å². The van der Waals surface area contributed by atoms with E-state index in [1.807, 2.05) is 48.5 Å². The summed E-state index contributed by atoms with van der Waals surface area (Å²) < 4.78 is 54.0. The number of hydrogen-bond acceptors (Lipinski definition) is 5. The Morgan fingerprint density at radius 2 is 1.83 bits per heavy atom. The van der Waals surface area contributed by atoms with Crippen LogP contribution in [-0.4, -0.2) is 22.7 Å². The van der Waals surface area contributed by atoms with Gasteiger partial charge in [0.25, 0.3) is 0 Å². The number of ether oxygens (including phenoxy) is 2. The first-order valence-electron chi connectivity index (χ1n) is 13.5. The number of halogens is 4. The Labute approximate surface area is 245 Å². The van der Waals surface area contributed by atoms with Crippen LogP contribution in [-0.2, 0) is 17.6 Å². The molecule has 0 fully saturated rings. The van der Waals surface area contributed by atoms with E-state index < -0.39 is 17.7 Å². The second kappa shape index (κ2) is 10.9. The molecule has 42 heavy (non-hydrogen) atoms. The minimum absolute atomic E-state index is 0.0204. The number of aryl methyl sites for hydroxylation is 1. The van der Waals surface area contributed by atoms with E-state index in [4.69, 9.17) is 21.1 Å². The predicted molar refractivity (Wildman–Crippen MR) is 153 cm³/mol. The smallest absolute Gasteiger partial charge is 0.416 e. The third-order valence-corrected chi connectivity index (χ3v) is 7.99. The molecule has 1 unspecified atom stereocenters. The van der Waals surface area contributed by atoms with Crippen molar-refractivity contribution in [2.75, 3.05) is 12.4 Å². The van der Waals surface area contributed by atoms with Crippen LogP contribution in [0.3, 0.4) is 0 Å². The molecule has 0 radical (unpaired) electrons. The highest BCUT2D eigenvalue weighted by Crippen LogP contribution is 2.49. The monoisotopic (exact) mass is 593 g/mol. The number of alkyl halides is 3. The van der Waals surface area contributed by atoms with Crippen molar-refractivity contribution in [1.29, 1.82) is 0 Å². The minimum atomic E-state index is -4.55. The Bertz CT molecular complexity index is 1710. The number of hydrogen-bond donors (Lipinski definition) is 1. The Kier molecular flexibility index (Phi) is 7.22. The summed E-state index contributed by atoms with van der Waals surface area (Å²) in [7, 11) is 1.55. The van der Waals surface area contributed by atoms with Crippen molar-refractivity contribution < 1.29 is 27.4 Å². The van der Waals surface area contributed by atoms with Gasteiger partial charge in [0.15, 0.2) is 17.3 Å². The number of nitrogens with zero attached hydrogens (tertiary/aromatic N) is 2. The third-order valence-electron chi connectivity index (χ3n) is 7.67. The number of anilines is 1. The number of fused-ring (bicyclic) bond motifs is 1. The highest BCUT2D eigenvalue weighted by molar-refractivity contribution is 6.32. The maximum Gasteiger partial charge on any atom is 0.416 e. The number of aromatic nitrogens is 2. The summed E-state index contributed by atoms with van der Waals surface area (Å²) in [6.07, 6.45) is -2.86. The second-order valence-corrected chi connectivity index (χ2v) is 10.7. The molecule has 216 valence electrons. The molecule has 1 aliphatic heterocycles. The van der Waals surface area contributed by atoms with Crippen molar-refractivity contribution in [3.8, 4) is 17.2 Å². The van der Waals surface area contributed by atoms with Gasteiger partial charge in [0.2, 0.25) is 0 Å². The highest BCUT2D eigenvalue weighted by Gasteiger charge is 2.40. The van der Waals surface area contributed by atoms with Gasteiger partial charge in [-0.2, -0.15) is 18.3 Å². The quantitative estimate of drug-likeness (QED) is 0.245. The molecular weight excluding hydrogens is 567 g/mol. The first kappa shape index (κ1) is 27.9. The number of ketones is 1. The molecular formula is C32H27ClF3N3O3. The molecule has 3 aromatic carbocycles. The van der Waals surface area contributed by atoms with E-state index in [0.717, 1.165) is 29.0 Å². The van der Waals surface area contributed by atoms with E-state index in [1.165, 1.54) is 10.7 Å². The number of allylic oxidation sites excluding steroid dienone is 2. The average molecular weight is 594 g/mol. The first-order valence-corrected chi connectivity index (χ1v) is 13.9. The van der Waals surface area contributed by atoms with E-state index in [1.54, 1.807) is 14.0 Å². The molecule has 0 amide bonds. The van der Waals surface area contributed by atoms with Crippen molar-refractivity contribution in [1.82, 2.24) is 9.78 Å². The van der Waals surface area contributed by atoms with Crippen molar-refractivity contribution >= 4 is 23.2 Å². The van der Waals surface area contributed by atoms with Crippen LogP contribution < -0.4 is 14.8 Å². The predicted octanol–water partition coefficient (Wildman–Crippen LogP) is 8.01. The van der Waals surface area contributed by atoms with Crippen LogP contribution in [0, 0.1) is 6.92 Å². The van der Waals surface area contributed by atoms with Crippen molar-refractivity contribution in [2.24, 2.45) is 0 Å². The second-order valence-electron chi connectivity index (χ2n) is 10.3. The van der Waals surface area contributed by atoms with Crippen molar-refractivity contribution in [3.05, 3.63) is 111 Å². The Morgan fingerprint density at radius 1 is 1.05 bits per heavy atom. The van der Waals surface area contributed by atoms with Crippen LogP contribution in [0.2, 0.25) is 5.02 Å². The Hall–Kier alpha value is -4.24. The first-order chi connectivity index (χ1) is 20.2. The van der Waals surface area contributed by atoms with Gasteiger partial charge < -0.3 is 14.8 Å². The summed E-state index contributed by atoms with van der Waals surface area (Å²) in [5.41, 5.74) is 3.66. The normalized spacial score (nSPS) is 16.5. The molecule has 6 rings (SSSR count). The lowest BCUT2D eigenvalue weighted by Crippen LogP contribution is -2.27. The molecule has 0 bridgehead atoms. The molecule has 4 aromatic rings. The lowest BCUT2D eigenvalue weighted by atomic mass is 9.76. The number of carbonyl (C=O) groups excluding carboxylic acids is 1. The standard InChI is InChI=1S/C32H27ClF3N3O3/c1-18-28-29(20-11-14-26(27(15-20)41-2)42-17-19-7-4-3-5-8-19)30-23(9-6-10-25(30)40)37-31(28)39(38-18)24-16-21(32(34,35)36)12-13-22(24)33/h3-5,7-8,11-16,29,37H,6,9-10,17H2,1-2H3. The molecule has 0 saturated carbocycles. The number of benzene rings is 3. The molecule has 1 atom stereocenters. The molecule has 0 saturated heterocycles. The number of carbonyl (C=O) groups is 1. The average Bonchev–Trinajstić information content (AvgIpc) is 3.30. The summed E-state index contributed by atoms with van der Waals surface area (Å²) >= 11 is 6.42. The largest absolute Gasteiger partial charge is 0.493 e. The Balaban J connectivity index is 1.47. The van der Waals surface area contributed by atoms with Gasteiger partial charge in [0, 0.05) is 29.2 Å². The van der Waals surface area contributed by atoms with Gasteiger partial charge in [-0.1, -0.05) is 48.0 Å². The molecule has 2 heterocycles. The maximum atomic E-state index is 13.6. The molecule has 1 aromatic heterocycles. The van der Waals surface area contributed by atoms with E-state index in [-0.39, 0.29) is 16.5 Å². The molecule has 1 aliphatic carbocycles. The SMILES string of the molecule is COc1cc(C2C3=C(CCCC3=O)Nc3c2c(C)nn3-c2cc(C(F)(F)F)ccc2Cl)ccc1OCc1ccccc1. The molecule has 10 heteroatoms. The van der Waals surface area contributed by atoms with Crippen LogP contribution in [0.25, 0.3) is 5.69 Å². The number of Topliss-reactive ketones (excluding diaryl/α,β-unsaturated/α-hetero) is 1. The van der Waals surface area contributed by atoms with Gasteiger partial charge >= 0.3 is 6.18 Å². The van der Waals surface area contributed by atoms with Gasteiger partial charge in [-0.3, -0.25) is 4.79 Å². The highest BCUT2D eigenvalue weighted by atomic mass is 35.5. The fourth-order valence-corrected chi connectivity index (χ4v) is 5.90. The molecule has 0 spiro atoms. The van der Waals surface area contributed by atoms with Gasteiger partial charge in [-0.05, 0) is 61.2 Å². The maximum absolute atomic E-state index is 13.6. The van der Waals surface area contributed by atoms with E-state index in [2.05, 4.69) is 10.4 Å². The Morgan fingerprint density at radius 3 is 2.57 bits per heavy atom. The summed E-state index contributed by atoms with van der Waals surface area (Å²) in [6, 6.07) is 18.5. The number of nitrogens with one attached hydrogen (secondary N) is 1. The molecule has 6 nitrogen and oxygen atoms in total. The van der Waals surface area contributed by atoms with Gasteiger partial charge in [-0.25, -0.2) is 4.68 Å². The van der Waals surface area contributed by atoms with Crippen LogP contribution in [0.4, 0.5) is 19.0 Å². The fraction of sp³-hybridized carbons (Fsp3) is 0.250. The minimum Gasteiger partial charge on any atom is -0.493 e. The number of rotatable bonds is 6. The van der Waals surface area contributed by atoms with E-state index in [0.29, 0.717) is 60.0 Å². The summed E-state index contributed by atoms with van der Waals surface area (Å²) in [4.78, 5) is 13.4.